The first-order chi connectivity index (χ1) is 23.2. The van der Waals surface area contributed by atoms with Gasteiger partial charge in [-0.2, -0.15) is 0 Å². The third kappa shape index (κ3) is 7.41. The summed E-state index contributed by atoms with van der Waals surface area (Å²) in [7, 11) is -1.35. The molecule has 1 saturated heterocycles. The fourth-order valence-electron chi connectivity index (χ4n) is 7.21. The van der Waals surface area contributed by atoms with Crippen LogP contribution in [0.3, 0.4) is 0 Å². The molecule has 1 spiro atoms. The monoisotopic (exact) mass is 696 g/mol. The number of nitrogen functional groups attached to an aromatic ring is 1. The highest BCUT2D eigenvalue weighted by Gasteiger charge is 2.62. The molecular formula is C35H52N6O7Si. The number of amidine groups is 1. The summed E-state index contributed by atoms with van der Waals surface area (Å²) >= 11 is 0. The lowest BCUT2D eigenvalue weighted by Gasteiger charge is -2.48. The summed E-state index contributed by atoms with van der Waals surface area (Å²) in [4.78, 5) is 58.0. The molecule has 0 unspecified atom stereocenters. The number of aromatic hydroxyl groups is 1. The molecule has 2 saturated carbocycles. The third-order valence-electron chi connectivity index (χ3n) is 10.4. The highest BCUT2D eigenvalue weighted by Crippen LogP contribution is 2.47. The lowest BCUT2D eigenvalue weighted by atomic mass is 9.74. The van der Waals surface area contributed by atoms with Gasteiger partial charge < -0.3 is 25.2 Å². The second-order valence-electron chi connectivity index (χ2n) is 15.1. The number of aromatic nitrogens is 2. The van der Waals surface area contributed by atoms with E-state index in [0.717, 1.165) is 33.6 Å². The van der Waals surface area contributed by atoms with Crippen LogP contribution in [0.15, 0.2) is 39.9 Å². The number of nitrogens with one attached hydrogen (secondary N) is 1. The number of amides is 3. The Morgan fingerprint density at radius 1 is 1.06 bits per heavy atom. The summed E-state index contributed by atoms with van der Waals surface area (Å²) in [6.45, 7) is 9.78. The molecule has 14 heteroatoms. The van der Waals surface area contributed by atoms with Crippen molar-refractivity contribution in [2.45, 2.75) is 121 Å². The number of hydrogen-bond acceptors (Lipinski definition) is 8. The summed E-state index contributed by atoms with van der Waals surface area (Å²) in [6.07, 6.45) is 4.89. The summed E-state index contributed by atoms with van der Waals surface area (Å²) in [5, 5.41) is 18.8. The molecule has 4 N–H and O–H groups in total. The second-order valence-corrected chi connectivity index (χ2v) is 20.7. The zero-order valence-electron chi connectivity index (χ0n) is 29.3. The molecule has 3 amide bonds. The molecule has 268 valence electrons. The van der Waals surface area contributed by atoms with Crippen molar-refractivity contribution >= 4 is 25.8 Å². The zero-order valence-corrected chi connectivity index (χ0v) is 30.3. The Balaban J connectivity index is 1.42. The van der Waals surface area contributed by atoms with E-state index < -0.39 is 48.2 Å². The van der Waals surface area contributed by atoms with Crippen LogP contribution in [0.2, 0.25) is 25.7 Å². The molecule has 3 aliphatic rings. The van der Waals surface area contributed by atoms with Crippen LogP contribution in [0.25, 0.3) is 0 Å². The molecule has 13 nitrogen and oxygen atoms in total. The van der Waals surface area contributed by atoms with Crippen LogP contribution >= 0.6 is 0 Å². The quantitative estimate of drug-likeness (QED) is 0.0810. The molecule has 0 bridgehead atoms. The van der Waals surface area contributed by atoms with Gasteiger partial charge in [-0.3, -0.25) is 24.1 Å². The minimum absolute atomic E-state index is 0.0765. The van der Waals surface area contributed by atoms with Crippen molar-refractivity contribution < 1.29 is 24.2 Å². The summed E-state index contributed by atoms with van der Waals surface area (Å²) in [5.41, 5.74) is 3.10. The van der Waals surface area contributed by atoms with Gasteiger partial charge in [0.2, 0.25) is 5.88 Å². The van der Waals surface area contributed by atoms with Gasteiger partial charge in [-0.25, -0.2) is 14.5 Å². The minimum Gasteiger partial charge on any atom is -0.494 e. The highest BCUT2D eigenvalue weighted by atomic mass is 28.3. The van der Waals surface area contributed by atoms with Crippen LogP contribution in [-0.4, -0.2) is 80.9 Å². The molecule has 0 atom stereocenters. The number of urea groups is 1. The maximum atomic E-state index is 14.0. The number of benzene rings is 1. The molecule has 1 aromatic carbocycles. The third-order valence-corrected chi connectivity index (χ3v) is 12.1. The number of carbonyl (C=O) groups is 2. The van der Waals surface area contributed by atoms with E-state index in [1.807, 2.05) is 37.3 Å². The van der Waals surface area contributed by atoms with E-state index >= 15 is 0 Å². The zero-order chi connectivity index (χ0) is 35.6. The van der Waals surface area contributed by atoms with Crippen molar-refractivity contribution in [2.24, 2.45) is 5.73 Å². The van der Waals surface area contributed by atoms with Crippen LogP contribution < -0.4 is 17.0 Å². The van der Waals surface area contributed by atoms with Gasteiger partial charge in [0.25, 0.3) is 11.5 Å². The van der Waals surface area contributed by atoms with E-state index in [9.17, 15) is 24.3 Å². The fraction of sp³-hybridized carbons (Fsp3) is 0.629. The number of rotatable bonds is 15. The average molecular weight is 697 g/mol. The number of carbonyl (C=O) groups excluding carboxylic acids is 2. The van der Waals surface area contributed by atoms with E-state index in [-0.39, 0.29) is 43.9 Å². The average Bonchev–Trinajstić information content (AvgIpc) is 3.24. The molecule has 1 aliphatic heterocycles. The van der Waals surface area contributed by atoms with E-state index in [4.69, 9.17) is 20.6 Å². The van der Waals surface area contributed by atoms with Crippen LogP contribution in [0, 0.1) is 5.41 Å². The molecular weight excluding hydrogens is 645 g/mol. The number of imide groups is 1. The van der Waals surface area contributed by atoms with Crippen LogP contribution in [-0.2, 0) is 27.4 Å². The molecule has 2 heterocycles. The Labute approximate surface area is 288 Å². The Bertz CT molecular complexity index is 1660. The first kappa shape index (κ1) is 36.5. The van der Waals surface area contributed by atoms with Gasteiger partial charge in [0, 0.05) is 27.3 Å². The summed E-state index contributed by atoms with van der Waals surface area (Å²) in [5.74, 6) is -1.40. The van der Waals surface area contributed by atoms with Crippen LogP contribution in [0.5, 0.6) is 5.88 Å². The van der Waals surface area contributed by atoms with Gasteiger partial charge in [0.15, 0.2) is 0 Å². The highest BCUT2D eigenvalue weighted by molar-refractivity contribution is 6.76. The summed E-state index contributed by atoms with van der Waals surface area (Å²) < 4.78 is 14.9. The molecule has 1 aromatic heterocycles. The molecule has 2 aromatic rings. The van der Waals surface area contributed by atoms with Crippen molar-refractivity contribution in [1.82, 2.24) is 18.9 Å². The molecule has 49 heavy (non-hydrogen) atoms. The number of hydrogen-bond donors (Lipinski definition) is 3. The Morgan fingerprint density at radius 3 is 2.31 bits per heavy atom. The lowest BCUT2D eigenvalue weighted by molar-refractivity contribution is -0.144. The van der Waals surface area contributed by atoms with Gasteiger partial charge in [-0.15, -0.1) is 0 Å². The van der Waals surface area contributed by atoms with Gasteiger partial charge in [-0.1, -0.05) is 63.3 Å². The molecule has 0 radical (unpaired) electrons. The van der Waals surface area contributed by atoms with E-state index in [2.05, 4.69) is 19.6 Å². The van der Waals surface area contributed by atoms with Gasteiger partial charge in [0.1, 0.15) is 23.7 Å². The largest absolute Gasteiger partial charge is 0.494 e. The molecule has 5 rings (SSSR count). The van der Waals surface area contributed by atoms with Crippen molar-refractivity contribution in [2.75, 3.05) is 19.9 Å². The molecule has 2 aliphatic carbocycles. The SMILES string of the molecule is CCCCn1c(O)c(C(=N)N)c(=O)n(C2CCC(CN3C(=O)N(COCC[Si](C)(C)C)C(=O)C34CCC4)(OCc3ccccc3)CC2)c1=O. The maximum Gasteiger partial charge on any atom is 0.334 e. The minimum atomic E-state index is -1.35. The fourth-order valence-corrected chi connectivity index (χ4v) is 7.97. The predicted octanol–water partition coefficient (Wildman–Crippen LogP) is 4.37. The number of unbranched alkanes of at least 4 members (excludes halogenated alkanes) is 1. The second kappa shape index (κ2) is 14.6. The van der Waals surface area contributed by atoms with E-state index in [1.165, 1.54) is 4.90 Å². The first-order valence-corrected chi connectivity index (χ1v) is 21.3. The Hall–Kier alpha value is -3.75. The summed E-state index contributed by atoms with van der Waals surface area (Å²) in [6, 6.07) is 9.74. The van der Waals surface area contributed by atoms with Crippen molar-refractivity contribution in [3.63, 3.8) is 0 Å². The first-order valence-electron chi connectivity index (χ1n) is 17.6. The topological polar surface area (TPSA) is 173 Å². The van der Waals surface area contributed by atoms with Crippen LogP contribution in [0.4, 0.5) is 4.79 Å². The van der Waals surface area contributed by atoms with Gasteiger partial charge >= 0.3 is 11.7 Å². The van der Waals surface area contributed by atoms with Crippen molar-refractivity contribution in [3.05, 3.63) is 62.3 Å². The van der Waals surface area contributed by atoms with E-state index in [1.54, 1.807) is 4.90 Å². The standard InChI is InChI=1S/C35H52N6O7Si/c1-5-6-19-38-29(42)27(28(36)37)30(43)41(33(38)46)26-13-17-34(18-14-26,48-22-25-11-8-7-9-12-25)23-40-32(45)39(24-47-20-21-49(2,3)4)31(44)35(40)15-10-16-35/h7-9,11-12,26,42H,5-6,10,13-24H2,1-4H3,(H3,36,37). The molecule has 3 fully saturated rings. The smallest absolute Gasteiger partial charge is 0.334 e. The lowest BCUT2D eigenvalue weighted by Crippen LogP contribution is -2.60. The number of nitrogens with zero attached hydrogens (tertiary/aromatic N) is 4. The van der Waals surface area contributed by atoms with Gasteiger partial charge in [-0.05, 0) is 63.0 Å². The van der Waals surface area contributed by atoms with Gasteiger partial charge in [0.05, 0.1) is 18.8 Å². The predicted molar refractivity (Wildman–Crippen MR) is 189 cm³/mol. The normalized spacial score (nSPS) is 22.2. The van der Waals surface area contributed by atoms with E-state index in [0.29, 0.717) is 51.6 Å². The van der Waals surface area contributed by atoms with Crippen LogP contribution in [0.1, 0.15) is 81.9 Å². The number of ether oxygens (including phenoxy) is 2. The van der Waals surface area contributed by atoms with Crippen molar-refractivity contribution in [1.29, 1.82) is 5.41 Å². The number of nitrogens with two attached hydrogens (primary N) is 1. The maximum absolute atomic E-state index is 14.0. The van der Waals surface area contributed by atoms with Crippen molar-refractivity contribution in [3.8, 4) is 5.88 Å². The Kier molecular flexibility index (Phi) is 10.9. The Morgan fingerprint density at radius 2 is 1.73 bits per heavy atom.